The molecule has 6 nitrogen and oxygen atoms in total. The third kappa shape index (κ3) is 4.11. The lowest BCUT2D eigenvalue weighted by atomic mass is 9.83. The van der Waals surface area contributed by atoms with Gasteiger partial charge in [-0.3, -0.25) is 4.79 Å². The molecular formula is C19H19FN4O2. The Kier molecular flexibility index (Phi) is 5.06. The predicted octanol–water partition coefficient (Wildman–Crippen LogP) is 3.59. The Morgan fingerprint density at radius 2 is 1.85 bits per heavy atom. The van der Waals surface area contributed by atoms with Gasteiger partial charge in [0.2, 0.25) is 5.95 Å². The van der Waals surface area contributed by atoms with E-state index in [2.05, 4.69) is 20.5 Å². The standard InChI is InChI=1S/C19H19FN4O2/c1-11-7-12(2)23-19(22-11)24-21-10-16-17(25)8-14(9-18(16)26)13-3-5-15(20)6-4-13/h3-7,10,14,25H,8-9H2,1-2H3,(H,22,23,24)/b21-10-. The zero-order valence-electron chi connectivity index (χ0n) is 14.5. The smallest absolute Gasteiger partial charge is 0.243 e. The van der Waals surface area contributed by atoms with Crippen LogP contribution >= 0.6 is 0 Å². The normalized spacial score (nSPS) is 17.8. The molecule has 0 radical (unpaired) electrons. The minimum absolute atomic E-state index is 0.0255. The number of aliphatic hydroxyl groups excluding tert-OH is 1. The number of nitrogens with one attached hydrogen (secondary N) is 1. The minimum atomic E-state index is -0.330. The first-order valence-corrected chi connectivity index (χ1v) is 8.24. The van der Waals surface area contributed by atoms with Gasteiger partial charge in [0, 0.05) is 24.2 Å². The Bertz CT molecular complexity index is 871. The number of hydrazone groups is 1. The molecule has 0 saturated carbocycles. The highest BCUT2D eigenvalue weighted by Crippen LogP contribution is 2.33. The molecule has 3 rings (SSSR count). The monoisotopic (exact) mass is 354 g/mol. The average Bonchev–Trinajstić information content (AvgIpc) is 2.57. The Morgan fingerprint density at radius 3 is 2.46 bits per heavy atom. The number of Topliss-reactive ketones (excluding diaryl/α,β-unsaturated/α-hetero) is 1. The lowest BCUT2D eigenvalue weighted by Gasteiger charge is -2.22. The van der Waals surface area contributed by atoms with Crippen molar-refractivity contribution in [3.63, 3.8) is 0 Å². The van der Waals surface area contributed by atoms with Crippen molar-refractivity contribution in [3.05, 3.63) is 64.4 Å². The largest absolute Gasteiger partial charge is 0.511 e. The van der Waals surface area contributed by atoms with E-state index >= 15 is 0 Å². The molecule has 1 atom stereocenters. The summed E-state index contributed by atoms with van der Waals surface area (Å²) in [4.78, 5) is 20.7. The lowest BCUT2D eigenvalue weighted by Crippen LogP contribution is -2.19. The molecule has 2 N–H and O–H groups in total. The second-order valence-corrected chi connectivity index (χ2v) is 6.28. The van der Waals surface area contributed by atoms with Crippen molar-refractivity contribution in [2.45, 2.75) is 32.6 Å². The van der Waals surface area contributed by atoms with E-state index in [1.54, 1.807) is 12.1 Å². The van der Waals surface area contributed by atoms with Gasteiger partial charge in [0.25, 0.3) is 0 Å². The molecule has 0 fully saturated rings. The number of aromatic nitrogens is 2. The molecule has 1 aromatic carbocycles. The summed E-state index contributed by atoms with van der Waals surface area (Å²) in [5.74, 6) is -0.414. The Labute approximate surface area is 150 Å². The van der Waals surface area contributed by atoms with Crippen molar-refractivity contribution in [3.8, 4) is 0 Å². The SMILES string of the molecule is Cc1cc(C)nc(N/N=C\C2=C(O)CC(c3ccc(F)cc3)CC2=O)n1. The number of hydrogen-bond acceptors (Lipinski definition) is 6. The van der Waals surface area contributed by atoms with Crippen LogP contribution in [0, 0.1) is 19.7 Å². The summed E-state index contributed by atoms with van der Waals surface area (Å²) in [6.07, 6.45) is 1.83. The van der Waals surface area contributed by atoms with Crippen molar-refractivity contribution >= 4 is 17.9 Å². The Balaban J connectivity index is 1.72. The van der Waals surface area contributed by atoms with Gasteiger partial charge in [0.1, 0.15) is 11.6 Å². The van der Waals surface area contributed by atoms with Crippen molar-refractivity contribution in [1.29, 1.82) is 0 Å². The van der Waals surface area contributed by atoms with Crippen LogP contribution in [0.5, 0.6) is 0 Å². The summed E-state index contributed by atoms with van der Waals surface area (Å²) < 4.78 is 13.0. The van der Waals surface area contributed by atoms with Crippen molar-refractivity contribution < 1.29 is 14.3 Å². The number of carbonyl (C=O) groups is 1. The van der Waals surface area contributed by atoms with Crippen LogP contribution in [0.1, 0.15) is 35.7 Å². The topological polar surface area (TPSA) is 87.5 Å². The van der Waals surface area contributed by atoms with E-state index in [1.165, 1.54) is 18.3 Å². The first kappa shape index (κ1) is 17.7. The van der Waals surface area contributed by atoms with E-state index in [0.717, 1.165) is 17.0 Å². The number of carbonyl (C=O) groups excluding carboxylic acids is 1. The van der Waals surface area contributed by atoms with E-state index in [4.69, 9.17) is 0 Å². The van der Waals surface area contributed by atoms with Crippen LogP contribution in [0.15, 0.2) is 46.8 Å². The third-order valence-corrected chi connectivity index (χ3v) is 4.16. The number of benzene rings is 1. The van der Waals surface area contributed by atoms with Gasteiger partial charge in [-0.2, -0.15) is 5.10 Å². The third-order valence-electron chi connectivity index (χ3n) is 4.16. The fraction of sp³-hybridized carbons (Fsp3) is 0.263. The van der Waals surface area contributed by atoms with Crippen LogP contribution in [0.4, 0.5) is 10.3 Å². The molecule has 0 saturated heterocycles. The van der Waals surface area contributed by atoms with Gasteiger partial charge < -0.3 is 5.11 Å². The zero-order valence-corrected chi connectivity index (χ0v) is 14.5. The summed E-state index contributed by atoms with van der Waals surface area (Å²) in [6, 6.07) is 7.82. The fourth-order valence-electron chi connectivity index (χ4n) is 2.96. The Morgan fingerprint density at radius 1 is 1.19 bits per heavy atom. The van der Waals surface area contributed by atoms with E-state index in [1.807, 2.05) is 19.9 Å². The molecular weight excluding hydrogens is 335 g/mol. The van der Waals surface area contributed by atoms with Crippen LogP contribution < -0.4 is 5.43 Å². The molecule has 26 heavy (non-hydrogen) atoms. The molecule has 1 heterocycles. The predicted molar refractivity (Wildman–Crippen MR) is 96.7 cm³/mol. The number of allylic oxidation sites excluding steroid dienone is 2. The number of aryl methyl sites for hydroxylation is 2. The highest BCUT2D eigenvalue weighted by Gasteiger charge is 2.27. The average molecular weight is 354 g/mol. The molecule has 1 aromatic heterocycles. The maximum atomic E-state index is 13.0. The first-order chi connectivity index (χ1) is 12.4. The molecule has 0 amide bonds. The molecule has 7 heteroatoms. The van der Waals surface area contributed by atoms with Gasteiger partial charge >= 0.3 is 0 Å². The number of hydrogen-bond donors (Lipinski definition) is 2. The number of ketones is 1. The van der Waals surface area contributed by atoms with Gasteiger partial charge in [-0.1, -0.05) is 12.1 Å². The van der Waals surface area contributed by atoms with Gasteiger partial charge in [-0.05, 0) is 43.5 Å². The van der Waals surface area contributed by atoms with Gasteiger partial charge in [0.05, 0.1) is 11.8 Å². The Hall–Kier alpha value is -3.09. The first-order valence-electron chi connectivity index (χ1n) is 8.24. The van der Waals surface area contributed by atoms with E-state index in [9.17, 15) is 14.3 Å². The summed E-state index contributed by atoms with van der Waals surface area (Å²) in [5.41, 5.74) is 5.26. The maximum absolute atomic E-state index is 13.0. The number of anilines is 1. The molecule has 1 aliphatic carbocycles. The number of halogens is 1. The van der Waals surface area contributed by atoms with Crippen molar-refractivity contribution in [2.24, 2.45) is 5.10 Å². The van der Waals surface area contributed by atoms with Crippen LogP contribution in [0.3, 0.4) is 0 Å². The van der Waals surface area contributed by atoms with Crippen molar-refractivity contribution in [2.75, 3.05) is 5.43 Å². The molecule has 2 aromatic rings. The van der Waals surface area contributed by atoms with Crippen LogP contribution in [-0.2, 0) is 4.79 Å². The second-order valence-electron chi connectivity index (χ2n) is 6.28. The van der Waals surface area contributed by atoms with Gasteiger partial charge in [0.15, 0.2) is 5.78 Å². The fourth-order valence-corrected chi connectivity index (χ4v) is 2.96. The van der Waals surface area contributed by atoms with Gasteiger partial charge in [-0.25, -0.2) is 19.8 Å². The van der Waals surface area contributed by atoms with E-state index in [0.29, 0.717) is 12.4 Å². The molecule has 0 aliphatic heterocycles. The molecule has 1 aliphatic rings. The molecule has 0 bridgehead atoms. The number of rotatable bonds is 4. The lowest BCUT2D eigenvalue weighted by molar-refractivity contribution is -0.116. The van der Waals surface area contributed by atoms with Gasteiger partial charge in [-0.15, -0.1) is 0 Å². The molecule has 1 unspecified atom stereocenters. The summed E-state index contributed by atoms with van der Waals surface area (Å²) in [7, 11) is 0. The molecule has 0 spiro atoms. The van der Waals surface area contributed by atoms with Crippen molar-refractivity contribution in [1.82, 2.24) is 9.97 Å². The summed E-state index contributed by atoms with van der Waals surface area (Å²) in [5, 5.41) is 14.2. The number of aliphatic hydroxyl groups is 1. The van der Waals surface area contributed by atoms with Crippen LogP contribution in [-0.4, -0.2) is 27.1 Å². The summed E-state index contributed by atoms with van der Waals surface area (Å²) in [6.45, 7) is 3.69. The zero-order chi connectivity index (χ0) is 18.7. The van der Waals surface area contributed by atoms with E-state index in [-0.39, 0.29) is 35.3 Å². The van der Waals surface area contributed by atoms with E-state index < -0.39 is 0 Å². The minimum Gasteiger partial charge on any atom is -0.511 e. The maximum Gasteiger partial charge on any atom is 0.243 e. The van der Waals surface area contributed by atoms with Crippen LogP contribution in [0.25, 0.3) is 0 Å². The highest BCUT2D eigenvalue weighted by atomic mass is 19.1. The van der Waals surface area contributed by atoms with Crippen LogP contribution in [0.2, 0.25) is 0 Å². The second kappa shape index (κ2) is 7.43. The number of nitrogens with zero attached hydrogens (tertiary/aromatic N) is 3. The highest BCUT2D eigenvalue weighted by molar-refractivity contribution is 6.14. The summed E-state index contributed by atoms with van der Waals surface area (Å²) >= 11 is 0. The molecule has 134 valence electrons. The quantitative estimate of drug-likeness (QED) is 0.647.